The Kier molecular flexibility index (Phi) is 7.42. The number of para-hydroxylation sites is 1. The van der Waals surface area contributed by atoms with E-state index in [2.05, 4.69) is 46.7 Å². The minimum Gasteiger partial charge on any atom is -0.352 e. The highest BCUT2D eigenvalue weighted by atomic mass is 16.2. The zero-order chi connectivity index (χ0) is 20.6. The molecule has 0 unspecified atom stereocenters. The summed E-state index contributed by atoms with van der Waals surface area (Å²) in [7, 11) is 0. The maximum absolute atomic E-state index is 12.8. The van der Waals surface area contributed by atoms with Crippen molar-refractivity contribution in [1.82, 2.24) is 10.2 Å². The molecule has 29 heavy (non-hydrogen) atoms. The number of carbonyl (C=O) groups excluding carboxylic acids is 2. The molecule has 1 aliphatic heterocycles. The molecular weight excluding hydrogens is 362 g/mol. The van der Waals surface area contributed by atoms with Crippen molar-refractivity contribution in [2.75, 3.05) is 25.0 Å². The summed E-state index contributed by atoms with van der Waals surface area (Å²) in [6, 6.07) is 15.8. The van der Waals surface area contributed by atoms with Gasteiger partial charge in [-0.15, -0.1) is 0 Å². The first-order valence-corrected chi connectivity index (χ1v) is 10.5. The van der Waals surface area contributed by atoms with Gasteiger partial charge in [-0.05, 0) is 57.0 Å². The number of rotatable bonds is 7. The molecule has 1 aliphatic rings. The molecule has 5 nitrogen and oxygen atoms in total. The first-order chi connectivity index (χ1) is 14.1. The summed E-state index contributed by atoms with van der Waals surface area (Å²) in [4.78, 5) is 27.6. The number of hydrogen-bond acceptors (Lipinski definition) is 3. The fourth-order valence-corrected chi connectivity index (χ4v) is 3.78. The highest BCUT2D eigenvalue weighted by Gasteiger charge is 2.26. The van der Waals surface area contributed by atoms with Crippen LogP contribution in [-0.2, 0) is 11.3 Å². The first kappa shape index (κ1) is 21.1. The van der Waals surface area contributed by atoms with Crippen LogP contribution in [0.3, 0.4) is 0 Å². The van der Waals surface area contributed by atoms with Crippen LogP contribution in [0.2, 0.25) is 0 Å². The monoisotopic (exact) mass is 393 g/mol. The van der Waals surface area contributed by atoms with Crippen molar-refractivity contribution in [3.8, 4) is 0 Å². The number of amides is 2. The van der Waals surface area contributed by atoms with Crippen LogP contribution in [0.4, 0.5) is 5.69 Å². The van der Waals surface area contributed by atoms with Gasteiger partial charge in [-0.2, -0.15) is 0 Å². The molecular formula is C24H31N3O2. The van der Waals surface area contributed by atoms with Gasteiger partial charge in [0.25, 0.3) is 5.91 Å². The predicted octanol–water partition coefficient (Wildman–Crippen LogP) is 3.99. The van der Waals surface area contributed by atoms with Gasteiger partial charge in [0.15, 0.2) is 0 Å². The van der Waals surface area contributed by atoms with Crippen LogP contribution >= 0.6 is 0 Å². The molecule has 0 aliphatic carbocycles. The Morgan fingerprint density at radius 2 is 1.83 bits per heavy atom. The molecule has 3 rings (SSSR count). The van der Waals surface area contributed by atoms with Crippen LogP contribution < -0.4 is 10.6 Å². The third-order valence-corrected chi connectivity index (χ3v) is 5.41. The average Bonchev–Trinajstić information content (AvgIpc) is 2.73. The number of anilines is 1. The van der Waals surface area contributed by atoms with Crippen LogP contribution in [-0.4, -0.2) is 36.3 Å². The summed E-state index contributed by atoms with van der Waals surface area (Å²) < 4.78 is 0. The standard InChI is InChI=1S/C24H31N3O2/c1-3-13-25-24(29)21-9-4-5-10-22(21)26-23(28)20-11-14-27(15-12-20)17-19-8-6-7-18(2)16-19/h4-10,16,20H,3,11-15,17H2,1-2H3,(H,25,29)(H,26,28). The molecule has 0 aromatic heterocycles. The highest BCUT2D eigenvalue weighted by molar-refractivity contribution is 6.04. The molecule has 2 aromatic rings. The first-order valence-electron chi connectivity index (χ1n) is 10.5. The van der Waals surface area contributed by atoms with Gasteiger partial charge in [-0.1, -0.05) is 48.9 Å². The third-order valence-electron chi connectivity index (χ3n) is 5.41. The van der Waals surface area contributed by atoms with E-state index in [4.69, 9.17) is 0 Å². The smallest absolute Gasteiger partial charge is 0.253 e. The van der Waals surface area contributed by atoms with Gasteiger partial charge in [0.1, 0.15) is 0 Å². The lowest BCUT2D eigenvalue weighted by Gasteiger charge is -2.31. The molecule has 5 heteroatoms. The summed E-state index contributed by atoms with van der Waals surface area (Å²) in [6.07, 6.45) is 2.55. The minimum absolute atomic E-state index is 0.0101. The van der Waals surface area contributed by atoms with E-state index in [1.807, 2.05) is 19.1 Å². The summed E-state index contributed by atoms with van der Waals surface area (Å²) >= 11 is 0. The van der Waals surface area contributed by atoms with Crippen molar-refractivity contribution in [3.05, 3.63) is 65.2 Å². The molecule has 1 saturated heterocycles. The van der Waals surface area contributed by atoms with Crippen molar-refractivity contribution in [2.45, 2.75) is 39.7 Å². The van der Waals surface area contributed by atoms with Crippen molar-refractivity contribution < 1.29 is 9.59 Å². The van der Waals surface area contributed by atoms with Crippen LogP contribution in [0.15, 0.2) is 48.5 Å². The van der Waals surface area contributed by atoms with Crippen LogP contribution in [0, 0.1) is 12.8 Å². The second-order valence-electron chi connectivity index (χ2n) is 7.83. The Morgan fingerprint density at radius 3 is 2.55 bits per heavy atom. The second-order valence-corrected chi connectivity index (χ2v) is 7.83. The lowest BCUT2D eigenvalue weighted by atomic mass is 9.95. The quantitative estimate of drug-likeness (QED) is 0.748. The van der Waals surface area contributed by atoms with Gasteiger partial charge >= 0.3 is 0 Å². The Morgan fingerprint density at radius 1 is 1.07 bits per heavy atom. The summed E-state index contributed by atoms with van der Waals surface area (Å²) in [5.74, 6) is -0.151. The highest BCUT2D eigenvalue weighted by Crippen LogP contribution is 2.22. The maximum Gasteiger partial charge on any atom is 0.253 e. The largest absolute Gasteiger partial charge is 0.352 e. The molecule has 0 spiro atoms. The molecule has 1 heterocycles. The van der Waals surface area contributed by atoms with Gasteiger partial charge in [-0.25, -0.2) is 0 Å². The number of aryl methyl sites for hydroxylation is 1. The van der Waals surface area contributed by atoms with Gasteiger partial charge in [0.05, 0.1) is 11.3 Å². The van der Waals surface area contributed by atoms with Crippen LogP contribution in [0.5, 0.6) is 0 Å². The number of piperidine rings is 1. The van der Waals surface area contributed by atoms with E-state index in [1.165, 1.54) is 11.1 Å². The number of hydrogen-bond donors (Lipinski definition) is 2. The topological polar surface area (TPSA) is 61.4 Å². The Balaban J connectivity index is 1.54. The van der Waals surface area contributed by atoms with E-state index in [1.54, 1.807) is 12.1 Å². The normalized spacial score (nSPS) is 15.1. The fourth-order valence-electron chi connectivity index (χ4n) is 3.78. The van der Waals surface area contributed by atoms with Crippen molar-refractivity contribution >= 4 is 17.5 Å². The van der Waals surface area contributed by atoms with E-state index < -0.39 is 0 Å². The molecule has 0 radical (unpaired) electrons. The third kappa shape index (κ3) is 5.91. The van der Waals surface area contributed by atoms with E-state index in [0.29, 0.717) is 17.8 Å². The minimum atomic E-state index is -0.143. The molecule has 0 saturated carbocycles. The second kappa shape index (κ2) is 10.2. The zero-order valence-electron chi connectivity index (χ0n) is 17.4. The molecule has 154 valence electrons. The SMILES string of the molecule is CCCNC(=O)c1ccccc1NC(=O)C1CCN(Cc2cccc(C)c2)CC1. The summed E-state index contributed by atoms with van der Waals surface area (Å²) in [5, 5.41) is 5.87. The average molecular weight is 394 g/mol. The van der Waals surface area contributed by atoms with Crippen molar-refractivity contribution in [3.63, 3.8) is 0 Å². The van der Waals surface area contributed by atoms with Gasteiger partial charge in [0, 0.05) is 19.0 Å². The van der Waals surface area contributed by atoms with E-state index in [0.717, 1.165) is 38.9 Å². The molecule has 2 amide bonds. The predicted molar refractivity (Wildman–Crippen MR) is 117 cm³/mol. The van der Waals surface area contributed by atoms with E-state index in [9.17, 15) is 9.59 Å². The Hall–Kier alpha value is -2.66. The summed E-state index contributed by atoms with van der Waals surface area (Å²) in [6.45, 7) is 7.49. The molecule has 2 aromatic carbocycles. The number of nitrogens with zero attached hydrogens (tertiary/aromatic N) is 1. The number of likely N-dealkylation sites (tertiary alicyclic amines) is 1. The van der Waals surface area contributed by atoms with Crippen molar-refractivity contribution in [1.29, 1.82) is 0 Å². The summed E-state index contributed by atoms with van der Waals surface area (Å²) in [5.41, 5.74) is 3.71. The van der Waals surface area contributed by atoms with Gasteiger partial charge in [0.2, 0.25) is 5.91 Å². The Bertz CT molecular complexity index is 842. The fraction of sp³-hybridized carbons (Fsp3) is 0.417. The van der Waals surface area contributed by atoms with Crippen LogP contribution in [0.1, 0.15) is 47.7 Å². The van der Waals surface area contributed by atoms with Gasteiger partial charge < -0.3 is 10.6 Å². The molecule has 1 fully saturated rings. The van der Waals surface area contributed by atoms with E-state index >= 15 is 0 Å². The van der Waals surface area contributed by atoms with Crippen LogP contribution in [0.25, 0.3) is 0 Å². The molecule has 0 atom stereocenters. The number of nitrogens with one attached hydrogen (secondary N) is 2. The van der Waals surface area contributed by atoms with E-state index in [-0.39, 0.29) is 17.7 Å². The number of carbonyl (C=O) groups is 2. The molecule has 0 bridgehead atoms. The zero-order valence-corrected chi connectivity index (χ0v) is 17.4. The molecule has 2 N–H and O–H groups in total. The van der Waals surface area contributed by atoms with Gasteiger partial charge in [-0.3, -0.25) is 14.5 Å². The maximum atomic E-state index is 12.8. The lowest BCUT2D eigenvalue weighted by Crippen LogP contribution is -2.38. The Labute approximate surface area is 173 Å². The van der Waals surface area contributed by atoms with Crippen molar-refractivity contribution in [2.24, 2.45) is 5.92 Å². The lowest BCUT2D eigenvalue weighted by molar-refractivity contribution is -0.121. The number of benzene rings is 2.